The number of amides is 10. The summed E-state index contributed by atoms with van der Waals surface area (Å²) in [5.41, 5.74) is 23.1. The first-order valence-corrected chi connectivity index (χ1v) is 26.9. The van der Waals surface area contributed by atoms with Crippen LogP contribution in [-0.2, 0) is 54.4 Å². The molecular weight excluding hydrogens is 1020 g/mol. The zero-order chi connectivity index (χ0) is 56.3. The van der Waals surface area contributed by atoms with Crippen molar-refractivity contribution in [2.24, 2.45) is 39.8 Å². The van der Waals surface area contributed by atoms with E-state index in [0.717, 1.165) is 48.6 Å². The third-order valence-electron chi connectivity index (χ3n) is 13.8. The molecule has 4 rings (SSSR count). The first-order valence-electron chi connectivity index (χ1n) is 25.9. The average Bonchev–Trinajstić information content (AvgIpc) is 4.03. The molecule has 16 N–H and O–H groups in total. The summed E-state index contributed by atoms with van der Waals surface area (Å²) in [4.78, 5) is 143. The summed E-state index contributed by atoms with van der Waals surface area (Å²) >= 11 is 9.16. The van der Waals surface area contributed by atoms with Gasteiger partial charge in [0.2, 0.25) is 59.1 Å². The maximum atomic E-state index is 14.4. The van der Waals surface area contributed by atoms with Crippen LogP contribution in [0.4, 0.5) is 0 Å². The summed E-state index contributed by atoms with van der Waals surface area (Å²) in [5.74, 6) is -9.07. The molecule has 10 amide bonds. The van der Waals surface area contributed by atoms with Crippen LogP contribution < -0.4 is 60.2 Å². The maximum absolute atomic E-state index is 14.4. The van der Waals surface area contributed by atoms with Gasteiger partial charge in [-0.1, -0.05) is 71.6 Å². The molecule has 2 aromatic rings. The SMILES string of the molecule is CC[C@@H](C)[C@H](NC(=O)[C@H](Cc1c[nH]c2ccccc12)NC(=O)CC1(S)CCCCC1)C(=O)N[C@H](C(=O)N[C@@H](CC(N)=O)C(=O)N[C@@H](CS)C(=O)N1CCC[C@H]1C(=O)N[C@@H](CCCN=C(N)N)C(=O)NCC(N)=O)C(C)C. The molecule has 1 saturated heterocycles. The van der Waals surface area contributed by atoms with Gasteiger partial charge in [-0.15, -0.1) is 0 Å². The highest BCUT2D eigenvalue weighted by Gasteiger charge is 2.41. The van der Waals surface area contributed by atoms with Crippen LogP contribution in [0.5, 0.6) is 0 Å². The Bertz CT molecular complexity index is 2430. The summed E-state index contributed by atoms with van der Waals surface area (Å²) in [7, 11) is 0. The van der Waals surface area contributed by atoms with E-state index in [1.54, 1.807) is 27.0 Å². The number of aromatic nitrogens is 1. The lowest BCUT2D eigenvalue weighted by atomic mass is 9.85. The van der Waals surface area contributed by atoms with E-state index in [2.05, 4.69) is 59.8 Å². The number of aromatic amines is 1. The first-order chi connectivity index (χ1) is 36.0. The molecule has 2 aliphatic rings. The number of hydrogen-bond donors (Lipinski definition) is 14. The zero-order valence-electron chi connectivity index (χ0n) is 43.8. The molecule has 76 heavy (non-hydrogen) atoms. The summed E-state index contributed by atoms with van der Waals surface area (Å²) in [6, 6.07) is -1.40. The van der Waals surface area contributed by atoms with Crippen LogP contribution in [0.25, 0.3) is 10.9 Å². The van der Waals surface area contributed by atoms with Crippen LogP contribution in [0.15, 0.2) is 35.5 Å². The lowest BCUT2D eigenvalue weighted by Gasteiger charge is -2.33. The molecule has 2 fully saturated rings. The summed E-state index contributed by atoms with van der Waals surface area (Å²) in [5, 5.41) is 19.4. The van der Waals surface area contributed by atoms with Gasteiger partial charge in [0.15, 0.2) is 5.96 Å². The van der Waals surface area contributed by atoms with Crippen molar-refractivity contribution in [3.05, 3.63) is 36.0 Å². The molecule has 1 saturated carbocycles. The fraction of sp³-hybridized carbons (Fsp3) is 0.620. The van der Waals surface area contributed by atoms with Gasteiger partial charge < -0.3 is 70.0 Å². The summed E-state index contributed by atoms with van der Waals surface area (Å²) in [6.45, 7) is 6.58. The number of aliphatic imine (C=N–C) groups is 1. The van der Waals surface area contributed by atoms with E-state index in [9.17, 15) is 47.9 Å². The van der Waals surface area contributed by atoms with Crippen LogP contribution in [0.2, 0.25) is 0 Å². The van der Waals surface area contributed by atoms with Gasteiger partial charge in [0.1, 0.15) is 42.3 Å². The van der Waals surface area contributed by atoms with Crippen LogP contribution >= 0.6 is 25.3 Å². The third kappa shape index (κ3) is 18.6. The molecule has 1 aromatic heterocycles. The monoisotopic (exact) mass is 1100 g/mol. The average molecular weight is 1100 g/mol. The summed E-state index contributed by atoms with van der Waals surface area (Å²) in [6.07, 6.45) is 7.01. The number of primary amides is 2. The predicted octanol–water partition coefficient (Wildman–Crippen LogP) is -1.20. The van der Waals surface area contributed by atoms with E-state index in [1.165, 1.54) is 4.90 Å². The van der Waals surface area contributed by atoms with Crippen molar-refractivity contribution < 1.29 is 47.9 Å². The molecule has 1 aromatic carbocycles. The minimum absolute atomic E-state index is 0.0541. The second-order valence-electron chi connectivity index (χ2n) is 20.1. The second kappa shape index (κ2) is 29.7. The third-order valence-corrected chi connectivity index (χ3v) is 14.7. The highest BCUT2D eigenvalue weighted by atomic mass is 32.1. The number of hydrogen-bond acceptors (Lipinski definition) is 13. The Balaban J connectivity index is 1.48. The number of nitrogens with one attached hydrogen (secondary N) is 8. The van der Waals surface area contributed by atoms with Gasteiger partial charge in [-0.2, -0.15) is 25.3 Å². The smallest absolute Gasteiger partial charge is 0.246 e. The number of H-pyrrole nitrogens is 1. The van der Waals surface area contributed by atoms with Crippen LogP contribution in [-0.4, -0.2) is 147 Å². The van der Waals surface area contributed by atoms with Crippen molar-refractivity contribution in [1.29, 1.82) is 0 Å². The molecule has 26 heteroatoms. The van der Waals surface area contributed by atoms with E-state index in [4.69, 9.17) is 35.6 Å². The standard InChI is InChI=1S/C50H78N14O10S2/c1-5-28(4)41(63-44(70)33(21-29-24-56-31-14-8-7-13-30(29)31)58-39(67)23-50(76)17-9-6-10-18-50)47(73)62-40(27(2)3)46(72)60-34(22-37(51)65)43(69)61-35(26-75)48(74)64-20-12-16-36(64)45(71)59-32(15-11-19-55-49(53)54)42(68)57-25-38(52)66/h7-8,13-14,24,27-28,32-36,40-41,56,75-76H,5-6,9-12,15-23,25-26H2,1-4H3,(H2,51,65)(H2,52,66)(H,57,68)(H,58,67)(H,59,71)(H,60,72)(H,61,69)(H,62,73)(H,63,70)(H4,53,54,55)/t28-,32+,33+,34+,35+,36+,40+,41+/m1/s1. The number of guanidine groups is 1. The number of carbonyl (C=O) groups excluding carboxylic acids is 10. The second-order valence-corrected chi connectivity index (χ2v) is 21.4. The molecule has 1 aliphatic heterocycles. The van der Waals surface area contributed by atoms with Crippen LogP contribution in [0.1, 0.15) is 110 Å². The minimum Gasteiger partial charge on any atom is -0.370 e. The lowest BCUT2D eigenvalue weighted by Crippen LogP contribution is -2.62. The van der Waals surface area contributed by atoms with E-state index in [1.807, 2.05) is 31.2 Å². The largest absolute Gasteiger partial charge is 0.370 e. The topological polar surface area (TPSA) is 390 Å². The van der Waals surface area contributed by atoms with Gasteiger partial charge in [-0.25, -0.2) is 0 Å². The van der Waals surface area contributed by atoms with Gasteiger partial charge in [-0.05, 0) is 62.0 Å². The van der Waals surface area contributed by atoms with Crippen molar-refractivity contribution in [2.45, 2.75) is 158 Å². The molecule has 1 aliphatic carbocycles. The van der Waals surface area contributed by atoms with Crippen molar-refractivity contribution in [2.75, 3.05) is 25.4 Å². The molecule has 24 nitrogen and oxygen atoms in total. The van der Waals surface area contributed by atoms with Gasteiger partial charge in [-0.3, -0.25) is 52.9 Å². The van der Waals surface area contributed by atoms with E-state index in [0.29, 0.717) is 12.8 Å². The van der Waals surface area contributed by atoms with Crippen molar-refractivity contribution in [1.82, 2.24) is 47.1 Å². The number of likely N-dealkylation sites (tertiary alicyclic amines) is 1. The zero-order valence-corrected chi connectivity index (χ0v) is 45.6. The number of carbonyl (C=O) groups is 10. The molecule has 420 valence electrons. The Morgan fingerprint density at radius 2 is 1.41 bits per heavy atom. The van der Waals surface area contributed by atoms with Crippen molar-refractivity contribution >= 4 is 101 Å². The lowest BCUT2D eigenvalue weighted by molar-refractivity contribution is -0.142. The quantitative estimate of drug-likeness (QED) is 0.0198. The molecule has 0 bridgehead atoms. The van der Waals surface area contributed by atoms with Crippen molar-refractivity contribution in [3.8, 4) is 0 Å². The first kappa shape index (κ1) is 62.0. The van der Waals surface area contributed by atoms with Gasteiger partial charge in [0, 0.05) is 53.5 Å². The predicted molar refractivity (Wildman–Crippen MR) is 292 cm³/mol. The fourth-order valence-electron chi connectivity index (χ4n) is 9.37. The Labute approximate surface area is 453 Å². The number of nitrogens with zero attached hydrogens (tertiary/aromatic N) is 2. The van der Waals surface area contributed by atoms with Crippen molar-refractivity contribution in [3.63, 3.8) is 0 Å². The molecule has 8 atom stereocenters. The van der Waals surface area contributed by atoms with Crippen LogP contribution in [0, 0.1) is 11.8 Å². The molecule has 0 radical (unpaired) electrons. The molecule has 0 unspecified atom stereocenters. The van der Waals surface area contributed by atoms with Gasteiger partial charge >= 0.3 is 0 Å². The molecule has 0 spiro atoms. The Morgan fingerprint density at radius 1 is 0.763 bits per heavy atom. The maximum Gasteiger partial charge on any atom is 0.246 e. The van der Waals surface area contributed by atoms with Gasteiger partial charge in [0.05, 0.1) is 13.0 Å². The minimum atomic E-state index is -1.65. The highest BCUT2D eigenvalue weighted by molar-refractivity contribution is 7.81. The van der Waals surface area contributed by atoms with E-state index in [-0.39, 0.29) is 62.8 Å². The number of rotatable bonds is 29. The number of fused-ring (bicyclic) bond motifs is 1. The number of benzene rings is 1. The number of para-hydroxylation sites is 1. The Hall–Kier alpha value is -6.57. The van der Waals surface area contributed by atoms with Crippen LogP contribution in [0.3, 0.4) is 0 Å². The fourth-order valence-corrected chi connectivity index (χ4v) is 10.1. The number of thiol groups is 2. The Morgan fingerprint density at radius 3 is 2.04 bits per heavy atom. The summed E-state index contributed by atoms with van der Waals surface area (Å²) < 4.78 is -0.516. The molecule has 2 heterocycles. The number of nitrogens with two attached hydrogens (primary N) is 4. The van der Waals surface area contributed by atoms with Gasteiger partial charge in [0.25, 0.3) is 0 Å². The van der Waals surface area contributed by atoms with E-state index >= 15 is 0 Å². The highest BCUT2D eigenvalue weighted by Crippen LogP contribution is 2.36. The van der Waals surface area contributed by atoms with E-state index < -0.39 is 125 Å². The normalized spacial score (nSPS) is 17.8. The Kier molecular flexibility index (Phi) is 24.2. The molecular formula is C50H78N14O10S2.